The number of hydrogen-bond donors (Lipinski definition) is 0. The number of benzene rings is 2. The Balaban J connectivity index is 2.37. The van der Waals surface area contributed by atoms with Gasteiger partial charge in [-0.15, -0.1) is 0 Å². The number of para-hydroxylation sites is 1. The molecule has 2 aromatic carbocycles. The van der Waals surface area contributed by atoms with Crippen molar-refractivity contribution in [3.63, 3.8) is 0 Å². The average molecular weight is 347 g/mol. The minimum Gasteiger partial charge on any atom is -0.369 e. The molecule has 0 saturated carbocycles. The van der Waals surface area contributed by atoms with E-state index in [1.54, 1.807) is 0 Å². The van der Waals surface area contributed by atoms with Gasteiger partial charge in [-0.05, 0) is 29.8 Å². The van der Waals surface area contributed by atoms with Crippen molar-refractivity contribution >= 4 is 15.5 Å². The number of sulfone groups is 1. The van der Waals surface area contributed by atoms with E-state index in [2.05, 4.69) is 0 Å². The Morgan fingerprint density at radius 1 is 1.04 bits per heavy atom. The Bertz CT molecular complexity index is 809. The lowest BCUT2D eigenvalue weighted by Crippen LogP contribution is -2.21. The van der Waals surface area contributed by atoms with Crippen molar-refractivity contribution < 1.29 is 26.0 Å². The molecule has 8 heteroatoms. The molecule has 0 aliphatic rings. The van der Waals surface area contributed by atoms with Gasteiger partial charge in [-0.1, -0.05) is 18.2 Å². The van der Waals surface area contributed by atoms with E-state index in [1.807, 2.05) is 0 Å². The summed E-state index contributed by atoms with van der Waals surface area (Å²) in [6, 6.07) is 8.54. The number of anilines is 1. The van der Waals surface area contributed by atoms with Crippen molar-refractivity contribution in [3.05, 3.63) is 59.7 Å². The highest BCUT2D eigenvalue weighted by Gasteiger charge is 2.29. The second-order valence-corrected chi connectivity index (χ2v) is 6.76. The molecule has 0 atom stereocenters. The Labute approximate surface area is 131 Å². The minimum atomic E-state index is -4.77. The van der Waals surface area contributed by atoms with Crippen LogP contribution in [-0.4, -0.2) is 21.2 Å². The van der Waals surface area contributed by atoms with E-state index in [0.29, 0.717) is 5.56 Å². The van der Waals surface area contributed by atoms with Crippen LogP contribution in [0, 0.1) is 11.6 Å². The van der Waals surface area contributed by atoms with Gasteiger partial charge in [0.15, 0.2) is 11.6 Å². The Kier molecular flexibility index (Phi) is 4.93. The Morgan fingerprint density at radius 3 is 2.30 bits per heavy atom. The SMILES string of the molecule is CN(Cc1ccc(F)c(F)c1)c1ccccc1S(=O)(=O)C(F)F. The predicted molar refractivity (Wildman–Crippen MR) is 78.1 cm³/mol. The van der Waals surface area contributed by atoms with E-state index in [9.17, 15) is 26.0 Å². The summed E-state index contributed by atoms with van der Waals surface area (Å²) in [5.74, 6) is -5.58. The fourth-order valence-corrected chi connectivity index (χ4v) is 3.08. The lowest BCUT2D eigenvalue weighted by Gasteiger charge is -2.22. The summed E-state index contributed by atoms with van der Waals surface area (Å²) in [5.41, 5.74) is 0.424. The van der Waals surface area contributed by atoms with Gasteiger partial charge in [0.1, 0.15) is 0 Å². The third kappa shape index (κ3) is 3.64. The summed E-state index contributed by atoms with van der Waals surface area (Å²) in [6.07, 6.45) is 0. The van der Waals surface area contributed by atoms with E-state index >= 15 is 0 Å². The zero-order valence-electron chi connectivity index (χ0n) is 12.0. The maximum Gasteiger partial charge on any atom is 0.341 e. The smallest absolute Gasteiger partial charge is 0.341 e. The molecule has 0 saturated heterocycles. The van der Waals surface area contributed by atoms with Crippen LogP contribution in [0.25, 0.3) is 0 Å². The van der Waals surface area contributed by atoms with Gasteiger partial charge in [0, 0.05) is 13.6 Å². The molecule has 0 unspecified atom stereocenters. The molecule has 0 aromatic heterocycles. The van der Waals surface area contributed by atoms with Gasteiger partial charge in [-0.2, -0.15) is 8.78 Å². The topological polar surface area (TPSA) is 37.4 Å². The van der Waals surface area contributed by atoms with E-state index in [-0.39, 0.29) is 12.2 Å². The van der Waals surface area contributed by atoms with Gasteiger partial charge in [0.05, 0.1) is 10.6 Å². The lowest BCUT2D eigenvalue weighted by atomic mass is 10.2. The van der Waals surface area contributed by atoms with Crippen molar-refractivity contribution in [1.29, 1.82) is 0 Å². The Hall–Kier alpha value is -2.09. The normalized spacial score (nSPS) is 11.7. The molecular formula is C15H13F4NO2S. The van der Waals surface area contributed by atoms with Crippen LogP contribution in [0.15, 0.2) is 47.4 Å². The first-order chi connectivity index (χ1) is 10.7. The molecule has 0 aliphatic carbocycles. The van der Waals surface area contributed by atoms with Crippen molar-refractivity contribution in [2.45, 2.75) is 17.2 Å². The maximum atomic E-state index is 13.2. The Morgan fingerprint density at radius 2 is 1.70 bits per heavy atom. The van der Waals surface area contributed by atoms with E-state index in [0.717, 1.165) is 18.2 Å². The van der Waals surface area contributed by atoms with Gasteiger partial charge >= 0.3 is 5.76 Å². The number of rotatable bonds is 5. The highest BCUT2D eigenvalue weighted by atomic mass is 32.2. The molecule has 0 radical (unpaired) electrons. The van der Waals surface area contributed by atoms with Gasteiger partial charge < -0.3 is 4.90 Å². The molecule has 2 rings (SSSR count). The van der Waals surface area contributed by atoms with E-state index in [4.69, 9.17) is 0 Å². The van der Waals surface area contributed by atoms with Crippen molar-refractivity contribution in [3.8, 4) is 0 Å². The minimum absolute atomic E-state index is 0.0208. The molecule has 0 amide bonds. The van der Waals surface area contributed by atoms with Crippen molar-refractivity contribution in [2.24, 2.45) is 0 Å². The van der Waals surface area contributed by atoms with Crippen molar-refractivity contribution in [1.82, 2.24) is 0 Å². The second kappa shape index (κ2) is 6.57. The standard InChI is InChI=1S/C15H13F4NO2S/c1-20(9-10-6-7-11(16)12(17)8-10)13-4-2-3-5-14(13)23(21,22)15(18)19/h2-8,15H,9H2,1H3. The van der Waals surface area contributed by atoms with Crippen molar-refractivity contribution in [2.75, 3.05) is 11.9 Å². The van der Waals surface area contributed by atoms with Crippen LogP contribution in [-0.2, 0) is 16.4 Å². The summed E-state index contributed by atoms with van der Waals surface area (Å²) in [6.45, 7) is 0.0208. The van der Waals surface area contributed by atoms with Crippen LogP contribution in [0.2, 0.25) is 0 Å². The monoisotopic (exact) mass is 347 g/mol. The van der Waals surface area contributed by atoms with Gasteiger partial charge in [-0.3, -0.25) is 0 Å². The number of hydrogen-bond acceptors (Lipinski definition) is 3. The molecule has 124 valence electrons. The van der Waals surface area contributed by atoms with Gasteiger partial charge in [-0.25, -0.2) is 17.2 Å². The first-order valence-electron chi connectivity index (χ1n) is 6.49. The third-order valence-corrected chi connectivity index (χ3v) is 4.65. The molecular weight excluding hydrogens is 334 g/mol. The molecule has 0 fully saturated rings. The van der Waals surface area contributed by atoms with Gasteiger partial charge in [0.2, 0.25) is 9.84 Å². The second-order valence-electron chi connectivity index (χ2n) is 4.88. The molecule has 23 heavy (non-hydrogen) atoms. The molecule has 0 N–H and O–H groups in total. The zero-order chi connectivity index (χ0) is 17.2. The number of nitrogens with zero attached hydrogens (tertiary/aromatic N) is 1. The fourth-order valence-electron chi connectivity index (χ4n) is 2.11. The van der Waals surface area contributed by atoms with Crippen LogP contribution in [0.4, 0.5) is 23.2 Å². The first-order valence-corrected chi connectivity index (χ1v) is 8.04. The summed E-state index contributed by atoms with van der Waals surface area (Å²) in [5, 5.41) is 0. The van der Waals surface area contributed by atoms with Crippen LogP contribution in [0.3, 0.4) is 0 Å². The summed E-state index contributed by atoms with van der Waals surface area (Å²) in [4.78, 5) is 0.863. The van der Waals surface area contributed by atoms with Gasteiger partial charge in [0.25, 0.3) is 0 Å². The average Bonchev–Trinajstić information content (AvgIpc) is 2.50. The van der Waals surface area contributed by atoms with E-state index in [1.165, 1.54) is 36.2 Å². The third-order valence-electron chi connectivity index (χ3n) is 3.22. The zero-order valence-corrected chi connectivity index (χ0v) is 12.8. The fraction of sp³-hybridized carbons (Fsp3) is 0.200. The summed E-state index contributed by atoms with van der Waals surface area (Å²) in [7, 11) is -3.30. The highest BCUT2D eigenvalue weighted by molar-refractivity contribution is 7.91. The summed E-state index contributed by atoms with van der Waals surface area (Å²) >= 11 is 0. The van der Waals surface area contributed by atoms with E-state index < -0.39 is 32.1 Å². The van der Waals surface area contributed by atoms with Crippen LogP contribution in [0.5, 0.6) is 0 Å². The van der Waals surface area contributed by atoms with Crippen LogP contribution >= 0.6 is 0 Å². The lowest BCUT2D eigenvalue weighted by molar-refractivity contribution is 0.235. The predicted octanol–water partition coefficient (Wildman–Crippen LogP) is 3.60. The highest BCUT2D eigenvalue weighted by Crippen LogP contribution is 2.29. The number of halogens is 4. The first kappa shape index (κ1) is 17.3. The molecule has 3 nitrogen and oxygen atoms in total. The molecule has 0 heterocycles. The van der Waals surface area contributed by atoms with Crippen LogP contribution < -0.4 is 4.90 Å². The largest absolute Gasteiger partial charge is 0.369 e. The quantitative estimate of drug-likeness (QED) is 0.776. The maximum absolute atomic E-state index is 13.2. The molecule has 2 aromatic rings. The molecule has 0 aliphatic heterocycles. The summed E-state index contributed by atoms with van der Waals surface area (Å²) < 4.78 is 75.1. The van der Waals surface area contributed by atoms with Crippen LogP contribution in [0.1, 0.15) is 5.56 Å². The molecule has 0 bridgehead atoms. The molecule has 0 spiro atoms. The number of alkyl halides is 2.